The Morgan fingerprint density at radius 2 is 1.90 bits per heavy atom. The largest absolute Gasteiger partial charge is 0.320 e. The van der Waals surface area contributed by atoms with Gasteiger partial charge in [-0.25, -0.2) is 8.42 Å². The number of hydrogen-bond acceptors (Lipinski definition) is 3. The number of nitrogens with one attached hydrogen (secondary N) is 1. The molecular weight excluding hydrogens is 272 g/mol. The number of para-hydroxylation sites is 1. The summed E-state index contributed by atoms with van der Waals surface area (Å²) < 4.78 is 27.5. The lowest BCUT2D eigenvalue weighted by Crippen LogP contribution is -2.29. The van der Waals surface area contributed by atoms with Crippen LogP contribution < -0.4 is 10.5 Å². The zero-order valence-electron chi connectivity index (χ0n) is 11.4. The third-order valence-corrected chi connectivity index (χ3v) is 5.35. The molecule has 0 heterocycles. The van der Waals surface area contributed by atoms with Gasteiger partial charge in [0.15, 0.2) is 0 Å². The van der Waals surface area contributed by atoms with Crippen molar-refractivity contribution in [1.82, 2.24) is 0 Å². The summed E-state index contributed by atoms with van der Waals surface area (Å²) in [7, 11) is -3.33. The monoisotopic (exact) mass is 292 g/mol. The number of benzene rings is 1. The Hall–Kier alpha value is -1.51. The zero-order valence-corrected chi connectivity index (χ0v) is 12.2. The van der Waals surface area contributed by atoms with E-state index in [1.807, 2.05) is 6.07 Å². The fourth-order valence-electron chi connectivity index (χ4n) is 2.44. The quantitative estimate of drug-likeness (QED) is 0.838. The van der Waals surface area contributed by atoms with Gasteiger partial charge in [-0.15, -0.1) is 0 Å². The molecule has 0 atom stereocenters. The van der Waals surface area contributed by atoms with E-state index in [-0.39, 0.29) is 11.8 Å². The molecule has 0 bridgehead atoms. The molecule has 0 aliphatic heterocycles. The normalized spacial score (nSPS) is 16.2. The second-order valence-corrected chi connectivity index (χ2v) is 6.92. The fourth-order valence-corrected chi connectivity index (χ4v) is 4.04. The van der Waals surface area contributed by atoms with Crippen LogP contribution in [-0.2, 0) is 10.0 Å². The molecule has 20 heavy (non-hydrogen) atoms. The van der Waals surface area contributed by atoms with E-state index in [1.54, 1.807) is 18.2 Å². The second-order valence-electron chi connectivity index (χ2n) is 4.96. The Balaban J connectivity index is 2.20. The van der Waals surface area contributed by atoms with Crippen LogP contribution in [0.2, 0.25) is 0 Å². The summed E-state index contributed by atoms with van der Waals surface area (Å²) in [6.07, 6.45) is 4.59. The average molecular weight is 292 g/mol. The molecule has 1 aromatic rings. The van der Waals surface area contributed by atoms with Gasteiger partial charge in [0.25, 0.3) is 0 Å². The van der Waals surface area contributed by atoms with Crippen LogP contribution in [0.5, 0.6) is 0 Å². The first kappa shape index (κ1) is 14.9. The Morgan fingerprint density at radius 3 is 2.60 bits per heavy atom. The number of rotatable bonds is 3. The molecule has 0 spiro atoms. The van der Waals surface area contributed by atoms with E-state index in [4.69, 9.17) is 5.73 Å². The Labute approximate surface area is 120 Å². The van der Waals surface area contributed by atoms with Gasteiger partial charge in [-0.2, -0.15) is 0 Å². The van der Waals surface area contributed by atoms with Crippen molar-refractivity contribution in [3.63, 3.8) is 0 Å². The zero-order chi connectivity index (χ0) is 14.4. The number of anilines is 1. The maximum absolute atomic E-state index is 12.4. The van der Waals surface area contributed by atoms with E-state index >= 15 is 0 Å². The van der Waals surface area contributed by atoms with Crippen molar-refractivity contribution >= 4 is 15.7 Å². The average Bonchev–Trinajstić information content (AvgIpc) is 2.47. The molecule has 0 amide bonds. The molecule has 0 unspecified atom stereocenters. The number of sulfonamides is 1. The summed E-state index contributed by atoms with van der Waals surface area (Å²) in [6.45, 7) is 0.254. The highest BCUT2D eigenvalue weighted by Crippen LogP contribution is 2.26. The number of hydrogen-bond donors (Lipinski definition) is 2. The first-order valence-electron chi connectivity index (χ1n) is 6.93. The van der Waals surface area contributed by atoms with Crippen molar-refractivity contribution in [3.8, 4) is 11.8 Å². The molecule has 5 heteroatoms. The van der Waals surface area contributed by atoms with Crippen LogP contribution >= 0.6 is 0 Å². The van der Waals surface area contributed by atoms with Crippen LogP contribution in [0.25, 0.3) is 0 Å². The molecule has 2 rings (SSSR count). The summed E-state index contributed by atoms with van der Waals surface area (Å²) in [5, 5.41) is -0.285. The van der Waals surface area contributed by atoms with Crippen molar-refractivity contribution in [2.75, 3.05) is 11.3 Å². The van der Waals surface area contributed by atoms with Gasteiger partial charge >= 0.3 is 0 Å². The van der Waals surface area contributed by atoms with Crippen LogP contribution in [0.1, 0.15) is 37.7 Å². The second kappa shape index (κ2) is 6.78. The molecule has 1 aliphatic carbocycles. The van der Waals surface area contributed by atoms with Gasteiger partial charge in [-0.1, -0.05) is 43.2 Å². The van der Waals surface area contributed by atoms with Crippen molar-refractivity contribution in [2.45, 2.75) is 37.4 Å². The molecule has 1 saturated carbocycles. The van der Waals surface area contributed by atoms with E-state index in [0.717, 1.165) is 32.1 Å². The molecule has 1 fully saturated rings. The highest BCUT2D eigenvalue weighted by molar-refractivity contribution is 7.93. The first-order valence-corrected chi connectivity index (χ1v) is 8.48. The lowest BCUT2D eigenvalue weighted by atomic mass is 10.0. The topological polar surface area (TPSA) is 72.2 Å². The molecular formula is C15H20N2O2S. The Kier molecular flexibility index (Phi) is 5.05. The SMILES string of the molecule is NCC#Cc1ccccc1NS(=O)(=O)C1CCCCC1. The summed E-state index contributed by atoms with van der Waals surface area (Å²) >= 11 is 0. The Morgan fingerprint density at radius 1 is 1.20 bits per heavy atom. The van der Waals surface area contributed by atoms with Crippen molar-refractivity contribution < 1.29 is 8.42 Å². The summed E-state index contributed by atoms with van der Waals surface area (Å²) in [5.41, 5.74) is 6.56. The minimum atomic E-state index is -3.33. The third-order valence-electron chi connectivity index (χ3n) is 3.50. The summed E-state index contributed by atoms with van der Waals surface area (Å²) in [6, 6.07) is 7.16. The maximum Gasteiger partial charge on any atom is 0.235 e. The van der Waals surface area contributed by atoms with Gasteiger partial charge in [-0.05, 0) is 25.0 Å². The predicted molar refractivity (Wildman–Crippen MR) is 81.8 cm³/mol. The van der Waals surface area contributed by atoms with E-state index in [1.165, 1.54) is 0 Å². The molecule has 108 valence electrons. The smallest absolute Gasteiger partial charge is 0.235 e. The minimum Gasteiger partial charge on any atom is -0.320 e. The lowest BCUT2D eigenvalue weighted by Gasteiger charge is -2.22. The maximum atomic E-state index is 12.4. The van der Waals surface area contributed by atoms with Crippen molar-refractivity contribution in [1.29, 1.82) is 0 Å². The minimum absolute atomic E-state index is 0.254. The van der Waals surface area contributed by atoms with Crippen molar-refractivity contribution in [2.24, 2.45) is 5.73 Å². The van der Waals surface area contributed by atoms with Gasteiger partial charge in [0.1, 0.15) is 0 Å². The highest BCUT2D eigenvalue weighted by atomic mass is 32.2. The summed E-state index contributed by atoms with van der Waals surface area (Å²) in [4.78, 5) is 0. The molecule has 3 N–H and O–H groups in total. The highest BCUT2D eigenvalue weighted by Gasteiger charge is 2.27. The lowest BCUT2D eigenvalue weighted by molar-refractivity contribution is 0.486. The van der Waals surface area contributed by atoms with Gasteiger partial charge < -0.3 is 5.73 Å². The van der Waals surface area contributed by atoms with E-state index in [0.29, 0.717) is 11.3 Å². The van der Waals surface area contributed by atoms with Gasteiger partial charge in [0.2, 0.25) is 10.0 Å². The molecule has 0 saturated heterocycles. The van der Waals surface area contributed by atoms with Gasteiger partial charge in [-0.3, -0.25) is 4.72 Å². The molecule has 4 nitrogen and oxygen atoms in total. The van der Waals surface area contributed by atoms with Crippen LogP contribution in [0.3, 0.4) is 0 Å². The van der Waals surface area contributed by atoms with E-state index in [2.05, 4.69) is 16.6 Å². The van der Waals surface area contributed by atoms with Gasteiger partial charge in [0, 0.05) is 5.56 Å². The van der Waals surface area contributed by atoms with E-state index in [9.17, 15) is 8.42 Å². The number of nitrogens with two attached hydrogens (primary N) is 1. The molecule has 0 aromatic heterocycles. The molecule has 1 aromatic carbocycles. The van der Waals surface area contributed by atoms with Crippen LogP contribution in [-0.4, -0.2) is 20.2 Å². The Bertz CT molecular complexity index is 608. The van der Waals surface area contributed by atoms with Crippen LogP contribution in [0, 0.1) is 11.8 Å². The predicted octanol–water partition coefficient (Wildman–Crippen LogP) is 2.07. The van der Waals surface area contributed by atoms with Crippen LogP contribution in [0.15, 0.2) is 24.3 Å². The van der Waals surface area contributed by atoms with Crippen LogP contribution in [0.4, 0.5) is 5.69 Å². The third kappa shape index (κ3) is 3.75. The standard InChI is InChI=1S/C15H20N2O2S/c16-12-6-8-13-7-4-5-11-15(13)17-20(18,19)14-9-2-1-3-10-14/h4-5,7,11,14,17H,1-3,9-10,12,16H2. The van der Waals surface area contributed by atoms with E-state index < -0.39 is 10.0 Å². The molecule has 1 aliphatic rings. The summed E-state index contributed by atoms with van der Waals surface area (Å²) in [5.74, 6) is 5.65. The first-order chi connectivity index (χ1) is 9.63. The van der Waals surface area contributed by atoms with Gasteiger partial charge in [0.05, 0.1) is 17.5 Å². The van der Waals surface area contributed by atoms with Crippen molar-refractivity contribution in [3.05, 3.63) is 29.8 Å². The molecule has 0 radical (unpaired) electrons. The fraction of sp³-hybridized carbons (Fsp3) is 0.467.